The molecule has 47 heavy (non-hydrogen) atoms. The van der Waals surface area contributed by atoms with Crippen LogP contribution in [0.5, 0.6) is 0 Å². The van der Waals surface area contributed by atoms with Crippen molar-refractivity contribution in [3.8, 4) is 0 Å². The van der Waals surface area contributed by atoms with E-state index in [0.29, 0.717) is 35.0 Å². The van der Waals surface area contributed by atoms with Crippen molar-refractivity contribution in [3.05, 3.63) is 125 Å². The molecule has 0 aliphatic carbocycles. The van der Waals surface area contributed by atoms with Gasteiger partial charge in [0.2, 0.25) is 0 Å². The molecule has 0 saturated carbocycles. The van der Waals surface area contributed by atoms with E-state index < -0.39 is 18.4 Å². The Hall–Kier alpha value is -5.44. The molecule has 9 nitrogen and oxygen atoms in total. The van der Waals surface area contributed by atoms with Crippen molar-refractivity contribution in [1.82, 2.24) is 5.32 Å². The molecule has 0 aliphatic rings. The van der Waals surface area contributed by atoms with Gasteiger partial charge < -0.3 is 25.5 Å². The molecule has 0 spiro atoms. The molecule has 4 aromatic carbocycles. The summed E-state index contributed by atoms with van der Waals surface area (Å²) in [5, 5.41) is 14.6. The number of amides is 3. The Labute approximate surface area is 276 Å². The van der Waals surface area contributed by atoms with Crippen LogP contribution in [0.15, 0.2) is 103 Å². The Morgan fingerprint density at radius 3 is 1.68 bits per heavy atom. The molecule has 0 heterocycles. The lowest BCUT2D eigenvalue weighted by molar-refractivity contribution is -0.135. The molecule has 0 atom stereocenters. The van der Waals surface area contributed by atoms with Crippen molar-refractivity contribution in [1.29, 1.82) is 0 Å². The van der Waals surface area contributed by atoms with Gasteiger partial charge in [-0.25, -0.2) is 0 Å². The molecule has 0 unspecified atom stereocenters. The Kier molecular flexibility index (Phi) is 11.9. The quantitative estimate of drug-likeness (QED) is 0.142. The summed E-state index contributed by atoms with van der Waals surface area (Å²) in [5.41, 5.74) is 4.43. The highest BCUT2D eigenvalue weighted by molar-refractivity contribution is 6.08. The lowest BCUT2D eigenvalue weighted by Crippen LogP contribution is -2.34. The third kappa shape index (κ3) is 9.77. The molecule has 3 amide bonds. The van der Waals surface area contributed by atoms with Crippen LogP contribution in [0.1, 0.15) is 64.3 Å². The summed E-state index contributed by atoms with van der Waals surface area (Å²) >= 11 is 0. The van der Waals surface area contributed by atoms with E-state index in [0.717, 1.165) is 17.8 Å². The number of nitrogens with zero attached hydrogens (tertiary/aromatic N) is 2. The number of anilines is 3. The largest absolute Gasteiger partial charge is 0.480 e. The van der Waals surface area contributed by atoms with Crippen LogP contribution in [0.3, 0.4) is 0 Å². The van der Waals surface area contributed by atoms with Gasteiger partial charge in [-0.1, -0.05) is 58.0 Å². The maximum Gasteiger partial charge on any atom is 0.322 e. The number of carbonyl (C=O) groups is 4. The topological polar surface area (TPSA) is 119 Å². The van der Waals surface area contributed by atoms with Crippen molar-refractivity contribution < 1.29 is 24.3 Å². The molecule has 3 N–H and O–H groups in total. The zero-order valence-corrected chi connectivity index (χ0v) is 27.3. The van der Waals surface area contributed by atoms with E-state index in [1.807, 2.05) is 54.6 Å². The number of nitrogens with one attached hydrogen (secondary N) is 2. The predicted octanol–water partition coefficient (Wildman–Crippen LogP) is 6.72. The Morgan fingerprint density at radius 1 is 0.638 bits per heavy atom. The van der Waals surface area contributed by atoms with Crippen molar-refractivity contribution >= 4 is 40.8 Å². The second-order valence-electron chi connectivity index (χ2n) is 12.2. The van der Waals surface area contributed by atoms with Crippen molar-refractivity contribution in [3.63, 3.8) is 0 Å². The van der Waals surface area contributed by atoms with E-state index in [2.05, 4.69) is 38.3 Å². The van der Waals surface area contributed by atoms with Gasteiger partial charge in [0.1, 0.15) is 6.54 Å². The minimum atomic E-state index is -1.14. The first-order valence-corrected chi connectivity index (χ1v) is 15.7. The number of carbonyl (C=O) groups excluding carboxylic acids is 3. The van der Waals surface area contributed by atoms with Crippen LogP contribution in [0.25, 0.3) is 0 Å². The second-order valence-corrected chi connectivity index (χ2v) is 12.2. The minimum absolute atomic E-state index is 0.119. The fourth-order valence-electron chi connectivity index (χ4n) is 4.92. The molecular weight excluding hydrogens is 592 g/mol. The number of benzene rings is 4. The number of hydrogen-bond acceptors (Lipinski definition) is 5. The Bertz CT molecular complexity index is 1650. The highest BCUT2D eigenvalue weighted by atomic mass is 16.4. The molecule has 4 rings (SSSR count). The first-order valence-electron chi connectivity index (χ1n) is 15.7. The molecule has 0 bridgehead atoms. The van der Waals surface area contributed by atoms with E-state index in [1.165, 1.54) is 0 Å². The minimum Gasteiger partial charge on any atom is -0.480 e. The van der Waals surface area contributed by atoms with E-state index in [4.69, 9.17) is 5.11 Å². The number of rotatable bonds is 14. The summed E-state index contributed by atoms with van der Waals surface area (Å²) in [6, 6.07) is 30.6. The van der Waals surface area contributed by atoms with Crippen LogP contribution in [-0.2, 0) is 11.3 Å². The van der Waals surface area contributed by atoms with Gasteiger partial charge in [0.25, 0.3) is 17.7 Å². The van der Waals surface area contributed by atoms with Crippen LogP contribution in [0.2, 0.25) is 0 Å². The summed E-state index contributed by atoms with van der Waals surface area (Å²) in [6.45, 7) is 9.54. The Balaban J connectivity index is 1.57. The fourth-order valence-corrected chi connectivity index (χ4v) is 4.92. The summed E-state index contributed by atoms with van der Waals surface area (Å²) in [6.07, 6.45) is 0. The first kappa shape index (κ1) is 34.4. The van der Waals surface area contributed by atoms with Gasteiger partial charge in [-0.05, 0) is 90.2 Å². The highest BCUT2D eigenvalue weighted by Crippen LogP contribution is 2.25. The van der Waals surface area contributed by atoms with Crippen LogP contribution in [0.4, 0.5) is 17.1 Å². The average molecular weight is 635 g/mol. The SMILES string of the molecule is CC(C)CNc1ccc(C(=O)N(CC(C)C)c2ccc(C(=O)N(Cc3ccccc3)c3ccc(C(=O)NCC(=O)O)cc3)cc2)cc1. The van der Waals surface area contributed by atoms with Gasteiger partial charge in [0, 0.05) is 46.8 Å². The maximum atomic E-state index is 14.0. The van der Waals surface area contributed by atoms with Gasteiger partial charge in [-0.3, -0.25) is 19.2 Å². The number of carboxylic acid groups (broad SMARTS) is 1. The standard InChI is InChI=1S/C38H42N4O5/c1-26(2)22-39-32-16-10-30(11-17-32)37(46)41(24-27(3)4)33-20-14-31(15-21-33)38(47)42(25-28-8-6-5-7-9-28)34-18-12-29(13-19-34)36(45)40-23-35(43)44/h5-21,26-27,39H,22-25H2,1-4H3,(H,40,45)(H,43,44). The van der Waals surface area contributed by atoms with Gasteiger partial charge >= 0.3 is 5.97 Å². The smallest absolute Gasteiger partial charge is 0.322 e. The third-order valence-corrected chi connectivity index (χ3v) is 7.34. The summed E-state index contributed by atoms with van der Waals surface area (Å²) in [7, 11) is 0. The maximum absolute atomic E-state index is 14.0. The third-order valence-electron chi connectivity index (χ3n) is 7.34. The summed E-state index contributed by atoms with van der Waals surface area (Å²) in [4.78, 5) is 54.2. The molecule has 244 valence electrons. The lowest BCUT2D eigenvalue weighted by Gasteiger charge is -2.26. The fraction of sp³-hybridized carbons (Fsp3) is 0.263. The normalized spacial score (nSPS) is 10.9. The van der Waals surface area contributed by atoms with E-state index >= 15 is 0 Å². The van der Waals surface area contributed by atoms with Gasteiger partial charge in [0.05, 0.1) is 6.54 Å². The van der Waals surface area contributed by atoms with Crippen LogP contribution < -0.4 is 20.4 Å². The van der Waals surface area contributed by atoms with Crippen molar-refractivity contribution in [2.75, 3.05) is 34.8 Å². The van der Waals surface area contributed by atoms with Gasteiger partial charge in [0.15, 0.2) is 0 Å². The molecule has 9 heteroatoms. The molecule has 4 aromatic rings. The van der Waals surface area contributed by atoms with E-state index in [-0.39, 0.29) is 29.8 Å². The second kappa shape index (κ2) is 16.2. The van der Waals surface area contributed by atoms with Crippen LogP contribution in [0, 0.1) is 11.8 Å². The van der Waals surface area contributed by atoms with E-state index in [9.17, 15) is 19.2 Å². The molecule has 0 radical (unpaired) electrons. The van der Waals surface area contributed by atoms with Crippen molar-refractivity contribution in [2.45, 2.75) is 34.2 Å². The Morgan fingerprint density at radius 2 is 1.15 bits per heavy atom. The molecule has 0 aliphatic heterocycles. The van der Waals surface area contributed by atoms with Gasteiger partial charge in [-0.15, -0.1) is 0 Å². The van der Waals surface area contributed by atoms with E-state index in [1.54, 1.807) is 58.3 Å². The van der Waals surface area contributed by atoms with Crippen molar-refractivity contribution in [2.24, 2.45) is 11.8 Å². The summed E-state index contributed by atoms with van der Waals surface area (Å²) < 4.78 is 0. The number of aliphatic carboxylic acids is 1. The monoisotopic (exact) mass is 634 g/mol. The molecule has 0 saturated heterocycles. The zero-order valence-electron chi connectivity index (χ0n) is 27.3. The first-order chi connectivity index (χ1) is 22.5. The number of carboxylic acids is 1. The van der Waals surface area contributed by atoms with Gasteiger partial charge in [-0.2, -0.15) is 0 Å². The predicted molar refractivity (Wildman–Crippen MR) is 186 cm³/mol. The molecule has 0 aromatic heterocycles. The lowest BCUT2D eigenvalue weighted by atomic mass is 10.1. The summed E-state index contributed by atoms with van der Waals surface area (Å²) in [5.74, 6) is -1.32. The highest BCUT2D eigenvalue weighted by Gasteiger charge is 2.22. The zero-order chi connectivity index (χ0) is 33.9. The van der Waals surface area contributed by atoms with Crippen LogP contribution >= 0.6 is 0 Å². The number of hydrogen-bond donors (Lipinski definition) is 3. The average Bonchev–Trinajstić information content (AvgIpc) is 3.07. The molecular formula is C38H42N4O5. The van der Waals surface area contributed by atoms with Crippen LogP contribution in [-0.4, -0.2) is 48.4 Å². The molecule has 0 fully saturated rings.